The summed E-state index contributed by atoms with van der Waals surface area (Å²) in [5.41, 5.74) is 0.625. The Hall–Kier alpha value is -3.54. The van der Waals surface area contributed by atoms with Gasteiger partial charge in [0.1, 0.15) is 11.8 Å². The van der Waals surface area contributed by atoms with Crippen molar-refractivity contribution in [1.82, 2.24) is 20.5 Å². The highest BCUT2D eigenvalue weighted by Crippen LogP contribution is 2.20. The first-order chi connectivity index (χ1) is 17.4. The fourth-order valence-corrected chi connectivity index (χ4v) is 3.50. The van der Waals surface area contributed by atoms with E-state index in [4.69, 9.17) is 0 Å². The molecule has 1 atom stereocenters. The predicted octanol–water partition coefficient (Wildman–Crippen LogP) is 2.54. The smallest absolute Gasteiger partial charge is 0.383 e. The molecule has 37 heavy (non-hydrogen) atoms. The van der Waals surface area contributed by atoms with Gasteiger partial charge < -0.3 is 15.0 Å². The first kappa shape index (κ1) is 29.7. The topological polar surface area (TPSA) is 119 Å². The molecule has 0 saturated carbocycles. The molecule has 2 rings (SSSR count). The Bertz CT molecular complexity index is 1070. The third-order valence-corrected chi connectivity index (χ3v) is 5.39. The van der Waals surface area contributed by atoms with E-state index in [9.17, 15) is 32.3 Å². The van der Waals surface area contributed by atoms with E-state index < -0.39 is 24.2 Å². The highest BCUT2D eigenvalue weighted by atomic mass is 19.4. The van der Waals surface area contributed by atoms with E-state index >= 15 is 0 Å². The monoisotopic (exact) mass is 524 g/mol. The van der Waals surface area contributed by atoms with E-state index in [0.717, 1.165) is 19.3 Å². The average Bonchev–Trinajstić information content (AvgIpc) is 3.32. The number of halogens is 3. The summed E-state index contributed by atoms with van der Waals surface area (Å²) >= 11 is 0. The maximum Gasteiger partial charge on any atom is 0.491 e. The number of carbonyl (C=O) groups is 4. The van der Waals surface area contributed by atoms with Gasteiger partial charge in [0.15, 0.2) is 11.9 Å². The number of ether oxygens (including phenoxy) is 1. The van der Waals surface area contributed by atoms with Crippen molar-refractivity contribution in [2.24, 2.45) is 0 Å². The Morgan fingerprint density at radius 1 is 1.14 bits per heavy atom. The number of alkyl halides is 3. The number of aliphatic imine (C=N–C) groups is 1. The Balaban J connectivity index is 2.05. The lowest BCUT2D eigenvalue weighted by Crippen LogP contribution is -2.48. The molecule has 9 nitrogen and oxygen atoms in total. The summed E-state index contributed by atoms with van der Waals surface area (Å²) in [6.45, 7) is 2.00. The lowest BCUT2D eigenvalue weighted by Gasteiger charge is -2.17. The minimum absolute atomic E-state index is 0.176. The number of nitrogens with one attached hydrogen (secondary N) is 2. The van der Waals surface area contributed by atoms with E-state index in [2.05, 4.69) is 20.4 Å². The molecule has 0 saturated heterocycles. The van der Waals surface area contributed by atoms with Crippen LogP contribution >= 0.6 is 0 Å². The van der Waals surface area contributed by atoms with Gasteiger partial charge in [-0.2, -0.15) is 13.2 Å². The molecule has 1 aromatic rings. The van der Waals surface area contributed by atoms with Crippen LogP contribution in [0.25, 0.3) is 5.70 Å². The number of amidine groups is 1. The van der Waals surface area contributed by atoms with E-state index in [-0.39, 0.29) is 23.8 Å². The minimum Gasteiger partial charge on any atom is -0.383 e. The van der Waals surface area contributed by atoms with E-state index in [1.807, 2.05) is 6.92 Å². The van der Waals surface area contributed by atoms with Gasteiger partial charge in [0, 0.05) is 18.4 Å². The molecule has 1 aliphatic heterocycles. The number of amides is 1. The normalized spacial score (nSPS) is 13.9. The molecule has 0 bridgehead atoms. The number of benzene rings is 1. The van der Waals surface area contributed by atoms with Crippen molar-refractivity contribution in [1.29, 1.82) is 0 Å². The molecule has 0 aliphatic carbocycles. The largest absolute Gasteiger partial charge is 0.491 e. The molecule has 201 valence electrons. The lowest BCUT2D eigenvalue weighted by atomic mass is 10.0. The fourth-order valence-electron chi connectivity index (χ4n) is 3.50. The van der Waals surface area contributed by atoms with Crippen LogP contribution in [-0.4, -0.2) is 67.2 Å². The number of hydrogen-bond donors (Lipinski definition) is 2. The molecule has 1 heterocycles. The molecule has 1 amide bonds. The number of likely N-dealkylation sites (N-methyl/N-ethyl adjacent to an activating group) is 1. The van der Waals surface area contributed by atoms with Gasteiger partial charge in [-0.3, -0.25) is 9.59 Å². The van der Waals surface area contributed by atoms with Crippen LogP contribution in [0.4, 0.5) is 13.2 Å². The van der Waals surface area contributed by atoms with Gasteiger partial charge in [0.25, 0.3) is 0 Å². The summed E-state index contributed by atoms with van der Waals surface area (Å²) in [4.78, 5) is 53.0. The Kier molecular flexibility index (Phi) is 11.0. The summed E-state index contributed by atoms with van der Waals surface area (Å²) in [5, 5.41) is 6.04. The number of Topliss-reactive ketones (excluding diaryl/α,β-unsaturated/α-hetero) is 1. The number of hydrogen-bond acceptors (Lipinski definition) is 8. The van der Waals surface area contributed by atoms with Gasteiger partial charge in [0.05, 0.1) is 12.1 Å². The predicted molar refractivity (Wildman–Crippen MR) is 130 cm³/mol. The molecular formula is C25H31F3N4O5+. The third kappa shape index (κ3) is 9.79. The van der Waals surface area contributed by atoms with Crippen LogP contribution in [0.2, 0.25) is 0 Å². The standard InChI is InChI=1S/C25H31F3N4O5/c1-4-18(33)11-6-5-7-12-19(30-21(34)15-32(2)3)22-29-14-20(31-22)16-9-8-10-17(13-16)23(35)37-24(36)25(26,27)28/h8-10,13-14,19,31H,4-7,11-12,15H2,1-3H3,(H,30,34)/q+1/t19-/m0/s1. The van der Waals surface area contributed by atoms with Gasteiger partial charge in [-0.25, -0.2) is 14.9 Å². The maximum atomic E-state index is 12.4. The fraction of sp³-hybridized carbons (Fsp3) is 0.480. The van der Waals surface area contributed by atoms with Crippen molar-refractivity contribution < 1.29 is 37.1 Å². The van der Waals surface area contributed by atoms with E-state index in [0.29, 0.717) is 36.4 Å². The average molecular weight is 525 g/mol. The number of unbranched alkanes of at least 4 members (excludes halogenated alkanes) is 2. The highest BCUT2D eigenvalue weighted by Gasteiger charge is 2.42. The van der Waals surface area contributed by atoms with Gasteiger partial charge in [-0.05, 0) is 44.1 Å². The summed E-state index contributed by atoms with van der Waals surface area (Å²) in [6, 6.07) is 5.08. The van der Waals surface area contributed by atoms with Crippen LogP contribution in [0, 0.1) is 0 Å². The first-order valence-electron chi connectivity index (χ1n) is 11.8. The van der Waals surface area contributed by atoms with Crippen LogP contribution in [-0.2, 0) is 19.1 Å². The number of carbonyl (C=O) groups excluding carboxylic acids is 4. The number of rotatable bonds is 13. The molecule has 2 N–H and O–H groups in total. The van der Waals surface area contributed by atoms with Crippen LogP contribution in [0.1, 0.15) is 61.4 Å². The molecule has 1 aromatic carbocycles. The van der Waals surface area contributed by atoms with Crippen LogP contribution < -0.4 is 15.6 Å². The van der Waals surface area contributed by atoms with Crippen molar-refractivity contribution >= 4 is 35.2 Å². The van der Waals surface area contributed by atoms with E-state index in [1.165, 1.54) is 24.4 Å². The molecule has 0 aromatic heterocycles. The summed E-state index contributed by atoms with van der Waals surface area (Å²) in [5.74, 6) is -3.55. The Morgan fingerprint density at radius 3 is 2.51 bits per heavy atom. The van der Waals surface area contributed by atoms with Crippen LogP contribution in [0.15, 0.2) is 30.5 Å². The molecule has 1 aliphatic rings. The van der Waals surface area contributed by atoms with Gasteiger partial charge in [0.2, 0.25) is 5.91 Å². The highest BCUT2D eigenvalue weighted by molar-refractivity contribution is 6.01. The van der Waals surface area contributed by atoms with Crippen molar-refractivity contribution in [3.05, 3.63) is 41.6 Å². The molecule has 12 heteroatoms. The number of ketones is 1. The van der Waals surface area contributed by atoms with Gasteiger partial charge in [-0.15, -0.1) is 0 Å². The number of nitrogens with zero attached hydrogens (tertiary/aromatic N) is 2. The third-order valence-electron chi connectivity index (χ3n) is 5.39. The zero-order chi connectivity index (χ0) is 27.6. The van der Waals surface area contributed by atoms with Crippen LogP contribution in [0.3, 0.4) is 0 Å². The van der Waals surface area contributed by atoms with Crippen molar-refractivity contribution in [3.8, 4) is 0 Å². The summed E-state index contributed by atoms with van der Waals surface area (Å²) in [7, 11) is 3.54. The quantitative estimate of drug-likeness (QED) is 0.231. The van der Waals surface area contributed by atoms with E-state index in [1.54, 1.807) is 25.1 Å². The van der Waals surface area contributed by atoms with Crippen molar-refractivity contribution in [2.75, 3.05) is 20.6 Å². The molecule has 0 spiro atoms. The Morgan fingerprint density at radius 2 is 1.86 bits per heavy atom. The first-order valence-corrected chi connectivity index (χ1v) is 11.8. The van der Waals surface area contributed by atoms with Gasteiger partial charge in [-0.1, -0.05) is 31.9 Å². The number of esters is 2. The molecule has 0 unspecified atom stereocenters. The molecule has 1 radical (unpaired) electrons. The zero-order valence-electron chi connectivity index (χ0n) is 21.0. The summed E-state index contributed by atoms with van der Waals surface area (Å²) < 4.78 is 41.1. The second-order valence-electron chi connectivity index (χ2n) is 8.79. The van der Waals surface area contributed by atoms with Crippen molar-refractivity contribution in [2.45, 2.75) is 57.7 Å². The SMILES string of the molecule is CCC(=O)CCCCC[C@H](NC(=O)CN(C)C)C1=[N+]C=C(c2cccc(C(=O)OC(=O)C(F)(F)F)c2)N1. The molecule has 0 fully saturated rings. The minimum atomic E-state index is -5.29. The second kappa shape index (κ2) is 13.7. The van der Waals surface area contributed by atoms with Gasteiger partial charge >= 0.3 is 24.0 Å². The zero-order valence-corrected chi connectivity index (χ0v) is 21.0. The molecular weight excluding hydrogens is 493 g/mol. The summed E-state index contributed by atoms with van der Waals surface area (Å²) in [6.07, 6.45) is 0.0955. The second-order valence-corrected chi connectivity index (χ2v) is 8.79. The van der Waals surface area contributed by atoms with Crippen LogP contribution in [0.5, 0.6) is 0 Å². The lowest BCUT2D eigenvalue weighted by molar-refractivity contribution is -0.193. The van der Waals surface area contributed by atoms with Crippen molar-refractivity contribution in [3.63, 3.8) is 0 Å². The maximum absolute atomic E-state index is 12.4. The Labute approximate surface area is 213 Å².